The van der Waals surface area contributed by atoms with Crippen molar-refractivity contribution in [2.75, 3.05) is 46.8 Å². The van der Waals surface area contributed by atoms with Gasteiger partial charge in [0, 0.05) is 7.11 Å². The number of hydrogen-bond donors (Lipinski definition) is 3. The molecule has 1 aromatic rings. The van der Waals surface area contributed by atoms with Gasteiger partial charge in [0.25, 0.3) is 0 Å². The van der Waals surface area contributed by atoms with E-state index >= 15 is 0 Å². The Balaban J connectivity index is 2.19. The summed E-state index contributed by atoms with van der Waals surface area (Å²) in [7, 11) is 1.59. The maximum atomic E-state index is 11.6. The van der Waals surface area contributed by atoms with Gasteiger partial charge in [0.05, 0.1) is 38.6 Å². The summed E-state index contributed by atoms with van der Waals surface area (Å²) in [6.45, 7) is 1.99. The van der Waals surface area contributed by atoms with Crippen molar-refractivity contribution < 1.29 is 39.1 Å². The first-order valence-corrected chi connectivity index (χ1v) is 6.62. The van der Waals surface area contributed by atoms with Crippen LogP contribution >= 0.6 is 0 Å². The summed E-state index contributed by atoms with van der Waals surface area (Å²) in [6, 6.07) is 2.00. The van der Waals surface area contributed by atoms with Crippen molar-refractivity contribution in [1.82, 2.24) is 0 Å². The molecule has 0 bridgehead atoms. The van der Waals surface area contributed by atoms with Crippen LogP contribution in [0.3, 0.4) is 0 Å². The second-order valence-corrected chi connectivity index (χ2v) is 4.22. The predicted molar refractivity (Wildman–Crippen MR) is 75.2 cm³/mol. The fourth-order valence-electron chi connectivity index (χ4n) is 1.46. The van der Waals surface area contributed by atoms with Crippen molar-refractivity contribution in [3.05, 3.63) is 17.7 Å². The zero-order valence-electron chi connectivity index (χ0n) is 12.3. The van der Waals surface area contributed by atoms with Crippen LogP contribution in [0.2, 0.25) is 0 Å². The van der Waals surface area contributed by atoms with Crippen molar-refractivity contribution in [3.8, 4) is 17.2 Å². The van der Waals surface area contributed by atoms with Gasteiger partial charge in [-0.05, 0) is 12.1 Å². The molecular weight excluding hydrogens is 296 g/mol. The highest BCUT2D eigenvalue weighted by atomic mass is 16.6. The molecule has 0 heterocycles. The van der Waals surface area contributed by atoms with Gasteiger partial charge in [0.15, 0.2) is 17.2 Å². The van der Waals surface area contributed by atoms with E-state index in [0.29, 0.717) is 26.4 Å². The maximum absolute atomic E-state index is 11.6. The minimum absolute atomic E-state index is 0.0132. The number of hydrogen-bond acceptors (Lipinski definition) is 8. The lowest BCUT2D eigenvalue weighted by Crippen LogP contribution is -2.13. The Hall–Kier alpha value is -2.03. The van der Waals surface area contributed by atoms with Crippen LogP contribution in [0, 0.1) is 0 Å². The summed E-state index contributed by atoms with van der Waals surface area (Å²) < 4.78 is 20.1. The summed E-state index contributed by atoms with van der Waals surface area (Å²) in [4.78, 5) is 11.6. The zero-order chi connectivity index (χ0) is 16.4. The molecule has 22 heavy (non-hydrogen) atoms. The number of ether oxygens (including phenoxy) is 4. The van der Waals surface area contributed by atoms with E-state index in [9.17, 15) is 20.1 Å². The molecule has 0 aliphatic rings. The molecule has 0 atom stereocenters. The van der Waals surface area contributed by atoms with Crippen molar-refractivity contribution in [3.63, 3.8) is 0 Å². The van der Waals surface area contributed by atoms with Gasteiger partial charge in [-0.1, -0.05) is 0 Å². The normalized spacial score (nSPS) is 10.6. The van der Waals surface area contributed by atoms with Gasteiger partial charge in [-0.15, -0.1) is 0 Å². The lowest BCUT2D eigenvalue weighted by atomic mass is 10.2. The van der Waals surface area contributed by atoms with E-state index in [1.54, 1.807) is 7.11 Å². The summed E-state index contributed by atoms with van der Waals surface area (Å²) in [6.07, 6.45) is 0. The number of phenolic OH excluding ortho intramolecular Hbond substituents is 3. The standard InChI is InChI=1S/C14H20O8/c1-19-2-3-20-4-5-21-6-7-22-14(18)10-8-11(15)13(17)12(16)9-10/h8-9,15-17H,2-7H2,1H3. The average Bonchev–Trinajstić information content (AvgIpc) is 2.50. The van der Waals surface area contributed by atoms with E-state index in [1.807, 2.05) is 0 Å². The Morgan fingerprint density at radius 2 is 1.41 bits per heavy atom. The highest BCUT2D eigenvalue weighted by molar-refractivity contribution is 5.91. The van der Waals surface area contributed by atoms with E-state index < -0.39 is 23.2 Å². The molecule has 0 fully saturated rings. The second-order valence-electron chi connectivity index (χ2n) is 4.22. The van der Waals surface area contributed by atoms with Crippen LogP contribution < -0.4 is 0 Å². The molecule has 124 valence electrons. The summed E-state index contributed by atoms with van der Waals surface area (Å²) in [5.41, 5.74) is -0.0734. The SMILES string of the molecule is COCCOCCOCCOC(=O)c1cc(O)c(O)c(O)c1. The van der Waals surface area contributed by atoms with Gasteiger partial charge in [0.1, 0.15) is 6.61 Å². The molecule has 0 spiro atoms. The highest BCUT2D eigenvalue weighted by Gasteiger charge is 2.14. The van der Waals surface area contributed by atoms with Crippen LogP contribution in [0.15, 0.2) is 12.1 Å². The van der Waals surface area contributed by atoms with E-state index in [2.05, 4.69) is 0 Å². The number of rotatable bonds is 10. The molecule has 0 aliphatic heterocycles. The molecule has 0 aliphatic carbocycles. The number of aromatic hydroxyl groups is 3. The first-order chi connectivity index (χ1) is 10.6. The van der Waals surface area contributed by atoms with E-state index in [-0.39, 0.29) is 18.8 Å². The van der Waals surface area contributed by atoms with E-state index in [4.69, 9.17) is 18.9 Å². The smallest absolute Gasteiger partial charge is 0.338 e. The number of esters is 1. The van der Waals surface area contributed by atoms with Gasteiger partial charge >= 0.3 is 5.97 Å². The van der Waals surface area contributed by atoms with Crippen molar-refractivity contribution >= 4 is 5.97 Å². The van der Waals surface area contributed by atoms with Crippen LogP contribution in [-0.4, -0.2) is 68.0 Å². The van der Waals surface area contributed by atoms with Gasteiger partial charge < -0.3 is 34.3 Å². The largest absolute Gasteiger partial charge is 0.504 e. The van der Waals surface area contributed by atoms with Crippen LogP contribution in [0.1, 0.15) is 10.4 Å². The highest BCUT2D eigenvalue weighted by Crippen LogP contribution is 2.35. The molecule has 8 heteroatoms. The Morgan fingerprint density at radius 3 is 1.95 bits per heavy atom. The fraction of sp³-hybridized carbons (Fsp3) is 0.500. The minimum Gasteiger partial charge on any atom is -0.504 e. The van der Waals surface area contributed by atoms with Crippen LogP contribution in [0.4, 0.5) is 0 Å². The Kier molecular flexibility index (Phi) is 8.05. The molecule has 0 saturated carbocycles. The number of phenols is 3. The molecule has 0 radical (unpaired) electrons. The third-order valence-electron chi connectivity index (χ3n) is 2.57. The molecule has 8 nitrogen and oxygen atoms in total. The summed E-state index contributed by atoms with van der Waals surface area (Å²) in [5, 5.41) is 27.8. The molecule has 0 amide bonds. The third-order valence-corrected chi connectivity index (χ3v) is 2.57. The van der Waals surface area contributed by atoms with Crippen LogP contribution in [0.25, 0.3) is 0 Å². The quantitative estimate of drug-likeness (QED) is 0.327. The first-order valence-electron chi connectivity index (χ1n) is 6.62. The Bertz CT molecular complexity index is 451. The van der Waals surface area contributed by atoms with Crippen LogP contribution in [-0.2, 0) is 18.9 Å². The zero-order valence-corrected chi connectivity index (χ0v) is 12.3. The maximum Gasteiger partial charge on any atom is 0.338 e. The minimum atomic E-state index is -0.745. The van der Waals surface area contributed by atoms with E-state index in [1.165, 1.54) is 0 Å². The lowest BCUT2D eigenvalue weighted by molar-refractivity contribution is 0.00568. The Labute approximate surface area is 127 Å². The third kappa shape index (κ3) is 6.17. The predicted octanol–water partition coefficient (Wildman–Crippen LogP) is 0.640. The number of carbonyl (C=O) groups excluding carboxylic acids is 1. The van der Waals surface area contributed by atoms with Gasteiger partial charge in [-0.3, -0.25) is 0 Å². The molecule has 1 rings (SSSR count). The number of carbonyl (C=O) groups is 1. The average molecular weight is 316 g/mol. The molecule has 0 aromatic heterocycles. The molecule has 3 N–H and O–H groups in total. The molecule has 0 unspecified atom stereocenters. The second kappa shape index (κ2) is 9.82. The fourth-order valence-corrected chi connectivity index (χ4v) is 1.46. The summed E-state index contributed by atoms with van der Waals surface area (Å²) in [5.74, 6) is -2.63. The molecular formula is C14H20O8. The van der Waals surface area contributed by atoms with Crippen molar-refractivity contribution in [2.45, 2.75) is 0 Å². The lowest BCUT2D eigenvalue weighted by Gasteiger charge is -2.08. The van der Waals surface area contributed by atoms with Crippen LogP contribution in [0.5, 0.6) is 17.2 Å². The van der Waals surface area contributed by atoms with Crippen molar-refractivity contribution in [1.29, 1.82) is 0 Å². The topological polar surface area (TPSA) is 115 Å². The first kappa shape index (κ1) is 18.0. The van der Waals surface area contributed by atoms with Gasteiger partial charge in [-0.25, -0.2) is 4.79 Å². The van der Waals surface area contributed by atoms with Crippen molar-refractivity contribution in [2.24, 2.45) is 0 Å². The summed E-state index contributed by atoms with van der Waals surface area (Å²) >= 11 is 0. The van der Waals surface area contributed by atoms with Gasteiger partial charge in [-0.2, -0.15) is 0 Å². The van der Waals surface area contributed by atoms with Gasteiger partial charge in [0.2, 0.25) is 0 Å². The monoisotopic (exact) mass is 316 g/mol. The Morgan fingerprint density at radius 1 is 0.909 bits per heavy atom. The van der Waals surface area contributed by atoms with E-state index in [0.717, 1.165) is 12.1 Å². The molecule has 0 saturated heterocycles. The number of benzene rings is 1. The number of methoxy groups -OCH3 is 1. The molecule has 1 aromatic carbocycles.